The van der Waals surface area contributed by atoms with E-state index < -0.39 is 0 Å². The molecule has 0 radical (unpaired) electrons. The highest BCUT2D eigenvalue weighted by atomic mass is 16.7. The Labute approximate surface area is 89.4 Å². The van der Waals surface area contributed by atoms with Gasteiger partial charge in [-0.05, 0) is 28.6 Å². The van der Waals surface area contributed by atoms with Crippen LogP contribution in [0.25, 0.3) is 16.6 Å². The number of hydrogen-bond acceptors (Lipinski definition) is 5. The molecule has 0 bridgehead atoms. The average Bonchev–Trinajstić information content (AvgIpc) is 2.94. The molecule has 0 saturated heterocycles. The van der Waals surface area contributed by atoms with Crippen LogP contribution in [0.2, 0.25) is 0 Å². The smallest absolute Gasteiger partial charge is 0.231 e. The fraction of sp³-hybridized carbons (Fsp3) is 0.100. The van der Waals surface area contributed by atoms with Gasteiger partial charge in [0.05, 0.1) is 5.52 Å². The van der Waals surface area contributed by atoms with Gasteiger partial charge in [-0.15, -0.1) is 5.10 Å². The summed E-state index contributed by atoms with van der Waals surface area (Å²) >= 11 is 0. The van der Waals surface area contributed by atoms with Gasteiger partial charge in [-0.2, -0.15) is 4.52 Å². The second kappa shape index (κ2) is 2.60. The quantitative estimate of drug-likeness (QED) is 0.558. The summed E-state index contributed by atoms with van der Waals surface area (Å²) in [5, 5.41) is 12.5. The third kappa shape index (κ3) is 0.881. The molecule has 0 saturated carbocycles. The van der Waals surface area contributed by atoms with Gasteiger partial charge in [0.2, 0.25) is 6.79 Å². The number of nitrogens with zero attached hydrogens (tertiary/aromatic N) is 4. The maximum absolute atomic E-state index is 5.33. The molecule has 6 nitrogen and oxygen atoms in total. The predicted molar refractivity (Wildman–Crippen MR) is 54.4 cm³/mol. The highest BCUT2D eigenvalue weighted by molar-refractivity contribution is 5.85. The molecule has 1 aromatic carbocycles. The minimum Gasteiger partial charge on any atom is -0.454 e. The van der Waals surface area contributed by atoms with Gasteiger partial charge in [0.1, 0.15) is 0 Å². The zero-order chi connectivity index (χ0) is 10.5. The molecule has 3 heterocycles. The molecule has 0 fully saturated rings. The van der Waals surface area contributed by atoms with Crippen molar-refractivity contribution >= 4 is 16.6 Å². The van der Waals surface area contributed by atoms with E-state index in [0.717, 1.165) is 22.4 Å². The standard InChI is InChI=1S/C10H6N4O2/c1-2-10-11-12-13-14(10)7-4-9-8(3-6(1)7)15-5-16-9/h1-4H,5H2. The van der Waals surface area contributed by atoms with Gasteiger partial charge >= 0.3 is 0 Å². The lowest BCUT2D eigenvalue weighted by atomic mass is 10.2. The fourth-order valence-corrected chi connectivity index (χ4v) is 1.90. The topological polar surface area (TPSA) is 61.5 Å². The summed E-state index contributed by atoms with van der Waals surface area (Å²) in [4.78, 5) is 0. The van der Waals surface area contributed by atoms with Crippen LogP contribution in [0, 0.1) is 0 Å². The van der Waals surface area contributed by atoms with Crippen LogP contribution in [-0.2, 0) is 0 Å². The van der Waals surface area contributed by atoms with E-state index in [-0.39, 0.29) is 6.79 Å². The molecule has 0 unspecified atom stereocenters. The first-order chi connectivity index (χ1) is 7.92. The molecule has 4 rings (SSSR count). The van der Waals surface area contributed by atoms with E-state index in [4.69, 9.17) is 9.47 Å². The molecule has 1 aliphatic rings. The number of tetrazole rings is 1. The first-order valence-corrected chi connectivity index (χ1v) is 4.82. The Morgan fingerprint density at radius 1 is 1.12 bits per heavy atom. The van der Waals surface area contributed by atoms with Crippen molar-refractivity contribution in [2.75, 3.05) is 6.79 Å². The lowest BCUT2D eigenvalue weighted by Gasteiger charge is -2.01. The summed E-state index contributed by atoms with van der Waals surface area (Å²) in [5.74, 6) is 1.50. The Balaban J connectivity index is 2.20. The van der Waals surface area contributed by atoms with E-state index in [1.54, 1.807) is 4.52 Å². The molecule has 1 aliphatic heterocycles. The van der Waals surface area contributed by atoms with E-state index in [1.807, 2.05) is 24.3 Å². The largest absolute Gasteiger partial charge is 0.454 e. The zero-order valence-corrected chi connectivity index (χ0v) is 8.12. The minimum atomic E-state index is 0.268. The molecule has 16 heavy (non-hydrogen) atoms. The molecule has 78 valence electrons. The van der Waals surface area contributed by atoms with Crippen LogP contribution in [0.15, 0.2) is 24.3 Å². The Bertz CT molecular complexity index is 706. The molecule has 0 N–H and O–H groups in total. The second-order valence-electron chi connectivity index (χ2n) is 3.55. The van der Waals surface area contributed by atoms with Crippen LogP contribution >= 0.6 is 0 Å². The zero-order valence-electron chi connectivity index (χ0n) is 8.12. The van der Waals surface area contributed by atoms with Crippen molar-refractivity contribution in [3.63, 3.8) is 0 Å². The highest BCUT2D eigenvalue weighted by Crippen LogP contribution is 2.35. The second-order valence-corrected chi connectivity index (χ2v) is 3.55. The first-order valence-electron chi connectivity index (χ1n) is 4.82. The first kappa shape index (κ1) is 7.86. The summed E-state index contributed by atoms with van der Waals surface area (Å²) in [6.45, 7) is 0.268. The van der Waals surface area contributed by atoms with Gasteiger partial charge in [-0.3, -0.25) is 0 Å². The number of aromatic nitrogens is 4. The fourth-order valence-electron chi connectivity index (χ4n) is 1.90. The van der Waals surface area contributed by atoms with E-state index in [9.17, 15) is 0 Å². The van der Waals surface area contributed by atoms with Crippen molar-refractivity contribution < 1.29 is 9.47 Å². The van der Waals surface area contributed by atoms with Crippen LogP contribution in [-0.4, -0.2) is 26.8 Å². The van der Waals surface area contributed by atoms with Crippen molar-refractivity contribution in [1.29, 1.82) is 0 Å². The lowest BCUT2D eigenvalue weighted by Crippen LogP contribution is -1.93. The van der Waals surface area contributed by atoms with E-state index >= 15 is 0 Å². The van der Waals surface area contributed by atoms with Crippen LogP contribution in [0.5, 0.6) is 11.5 Å². The third-order valence-electron chi connectivity index (χ3n) is 2.66. The third-order valence-corrected chi connectivity index (χ3v) is 2.66. The molecule has 0 amide bonds. The van der Waals surface area contributed by atoms with Crippen LogP contribution in [0.3, 0.4) is 0 Å². The Hall–Kier alpha value is -2.37. The molecular weight excluding hydrogens is 208 g/mol. The summed E-state index contributed by atoms with van der Waals surface area (Å²) in [6.07, 6.45) is 0. The van der Waals surface area contributed by atoms with E-state index in [1.165, 1.54) is 0 Å². The summed E-state index contributed by atoms with van der Waals surface area (Å²) in [7, 11) is 0. The van der Waals surface area contributed by atoms with Crippen molar-refractivity contribution in [3.8, 4) is 11.5 Å². The summed E-state index contributed by atoms with van der Waals surface area (Å²) in [5.41, 5.74) is 1.62. The molecule has 0 spiro atoms. The van der Waals surface area contributed by atoms with Gasteiger partial charge in [0.15, 0.2) is 17.1 Å². The molecule has 0 aliphatic carbocycles. The van der Waals surface area contributed by atoms with Crippen molar-refractivity contribution in [2.24, 2.45) is 0 Å². The number of hydrogen-bond donors (Lipinski definition) is 0. The van der Waals surface area contributed by atoms with Gasteiger partial charge in [-0.1, -0.05) is 0 Å². The van der Waals surface area contributed by atoms with Crippen molar-refractivity contribution in [2.45, 2.75) is 0 Å². The number of rotatable bonds is 0. The number of pyridine rings is 1. The SMILES string of the molecule is c1cc2nnnn2c2cc3c(cc12)OCO3. The number of benzene rings is 1. The van der Waals surface area contributed by atoms with Crippen LogP contribution < -0.4 is 9.47 Å². The molecular formula is C10H6N4O2. The Morgan fingerprint density at radius 2 is 2.00 bits per heavy atom. The van der Waals surface area contributed by atoms with Gasteiger partial charge in [-0.25, -0.2) is 0 Å². The monoisotopic (exact) mass is 214 g/mol. The van der Waals surface area contributed by atoms with Crippen LogP contribution in [0.1, 0.15) is 0 Å². The number of ether oxygens (including phenoxy) is 2. The molecule has 3 aromatic rings. The predicted octanol–water partition coefficient (Wildman–Crippen LogP) is 1.01. The summed E-state index contributed by atoms with van der Waals surface area (Å²) < 4.78 is 12.3. The normalized spacial score (nSPS) is 13.8. The lowest BCUT2D eigenvalue weighted by molar-refractivity contribution is 0.174. The Kier molecular flexibility index (Phi) is 1.28. The number of fused-ring (bicyclic) bond motifs is 4. The minimum absolute atomic E-state index is 0.268. The summed E-state index contributed by atoms with van der Waals surface area (Å²) in [6, 6.07) is 7.65. The molecule has 0 atom stereocenters. The average molecular weight is 214 g/mol. The van der Waals surface area contributed by atoms with Gasteiger partial charge in [0.25, 0.3) is 0 Å². The van der Waals surface area contributed by atoms with Crippen molar-refractivity contribution in [3.05, 3.63) is 24.3 Å². The van der Waals surface area contributed by atoms with Crippen molar-refractivity contribution in [1.82, 2.24) is 20.0 Å². The molecule has 6 heteroatoms. The highest BCUT2D eigenvalue weighted by Gasteiger charge is 2.15. The Morgan fingerprint density at radius 3 is 2.94 bits per heavy atom. The van der Waals surface area contributed by atoms with Gasteiger partial charge in [0, 0.05) is 11.5 Å². The van der Waals surface area contributed by atoms with Gasteiger partial charge < -0.3 is 9.47 Å². The maximum Gasteiger partial charge on any atom is 0.231 e. The molecule has 2 aromatic heterocycles. The van der Waals surface area contributed by atoms with E-state index in [2.05, 4.69) is 15.5 Å². The maximum atomic E-state index is 5.33. The van der Waals surface area contributed by atoms with Crippen LogP contribution in [0.4, 0.5) is 0 Å². The van der Waals surface area contributed by atoms with E-state index in [0.29, 0.717) is 5.65 Å².